The fourth-order valence-electron chi connectivity index (χ4n) is 2.05. The first-order valence-electron chi connectivity index (χ1n) is 6.59. The summed E-state index contributed by atoms with van der Waals surface area (Å²) >= 11 is 0. The van der Waals surface area contributed by atoms with Gasteiger partial charge < -0.3 is 15.5 Å². The molecule has 1 aliphatic heterocycles. The molecule has 0 atom stereocenters. The molecule has 1 saturated heterocycles. The number of carbonyl (C=O) groups excluding carboxylic acids is 2. The van der Waals surface area contributed by atoms with E-state index in [4.69, 9.17) is 0 Å². The van der Waals surface area contributed by atoms with E-state index in [9.17, 15) is 9.59 Å². The van der Waals surface area contributed by atoms with Crippen LogP contribution in [0.15, 0.2) is 30.3 Å². The molecule has 0 saturated carbocycles. The smallest absolute Gasteiger partial charge is 0.311 e. The van der Waals surface area contributed by atoms with Gasteiger partial charge in [0.05, 0.1) is 0 Å². The molecule has 0 bridgehead atoms. The maximum absolute atomic E-state index is 11.8. The Hall–Kier alpha value is -1.88. The zero-order chi connectivity index (χ0) is 13.5. The Morgan fingerprint density at radius 1 is 1.16 bits per heavy atom. The highest BCUT2D eigenvalue weighted by atomic mass is 16.2. The molecule has 2 rings (SSSR count). The zero-order valence-corrected chi connectivity index (χ0v) is 10.9. The third-order valence-electron chi connectivity index (χ3n) is 3.14. The first-order valence-corrected chi connectivity index (χ1v) is 6.59. The van der Waals surface area contributed by atoms with Gasteiger partial charge in [0.1, 0.15) is 0 Å². The number of nitrogens with one attached hydrogen (secondary N) is 2. The molecular weight excluding hydrogens is 242 g/mol. The van der Waals surface area contributed by atoms with Crippen LogP contribution in [0.3, 0.4) is 0 Å². The fraction of sp³-hybridized carbons (Fsp3) is 0.429. The molecule has 2 amide bonds. The molecule has 1 aromatic rings. The molecule has 0 aliphatic carbocycles. The van der Waals surface area contributed by atoms with Gasteiger partial charge in [0, 0.05) is 32.7 Å². The van der Waals surface area contributed by atoms with E-state index in [0.717, 1.165) is 25.1 Å². The molecule has 1 aromatic carbocycles. The molecule has 5 heteroatoms. The summed E-state index contributed by atoms with van der Waals surface area (Å²) in [5.41, 5.74) is 1.15. The number of amides is 2. The van der Waals surface area contributed by atoms with E-state index >= 15 is 0 Å². The van der Waals surface area contributed by atoms with Crippen LogP contribution in [0, 0.1) is 0 Å². The first-order chi connectivity index (χ1) is 9.27. The van der Waals surface area contributed by atoms with Crippen molar-refractivity contribution in [2.24, 2.45) is 0 Å². The Morgan fingerprint density at radius 3 is 2.53 bits per heavy atom. The Morgan fingerprint density at radius 2 is 1.84 bits per heavy atom. The molecule has 102 valence electrons. The summed E-state index contributed by atoms with van der Waals surface area (Å²) in [5.74, 6) is -0.924. The van der Waals surface area contributed by atoms with Gasteiger partial charge in [-0.15, -0.1) is 0 Å². The van der Waals surface area contributed by atoms with Crippen LogP contribution in [0.2, 0.25) is 0 Å². The van der Waals surface area contributed by atoms with Crippen molar-refractivity contribution in [1.82, 2.24) is 15.5 Å². The molecular formula is C14H19N3O2. The van der Waals surface area contributed by atoms with Crippen LogP contribution < -0.4 is 10.6 Å². The second kappa shape index (κ2) is 6.89. The summed E-state index contributed by atoms with van der Waals surface area (Å²) in [4.78, 5) is 25.1. The maximum atomic E-state index is 11.8. The second-order valence-corrected chi connectivity index (χ2v) is 4.53. The van der Waals surface area contributed by atoms with Crippen LogP contribution in [0.1, 0.15) is 5.56 Å². The Kier molecular flexibility index (Phi) is 4.92. The van der Waals surface area contributed by atoms with Gasteiger partial charge in [0.15, 0.2) is 0 Å². The summed E-state index contributed by atoms with van der Waals surface area (Å²) in [6, 6.07) is 9.89. The van der Waals surface area contributed by atoms with Gasteiger partial charge in [-0.25, -0.2) is 0 Å². The van der Waals surface area contributed by atoms with Crippen LogP contribution in [0.5, 0.6) is 0 Å². The van der Waals surface area contributed by atoms with Crippen LogP contribution in [0.25, 0.3) is 0 Å². The predicted octanol–water partition coefficient (Wildman–Crippen LogP) is -0.223. The number of hydrogen-bond donors (Lipinski definition) is 2. The monoisotopic (exact) mass is 261 g/mol. The standard InChI is InChI=1S/C14H19N3O2/c18-13(14(19)17-10-8-15-9-11-17)16-7-6-12-4-2-1-3-5-12/h1-5,15H,6-11H2,(H,16,18). The fourth-order valence-corrected chi connectivity index (χ4v) is 2.05. The predicted molar refractivity (Wildman–Crippen MR) is 72.6 cm³/mol. The van der Waals surface area contributed by atoms with Gasteiger partial charge in [-0.1, -0.05) is 30.3 Å². The molecule has 5 nitrogen and oxygen atoms in total. The SMILES string of the molecule is O=C(NCCc1ccccc1)C(=O)N1CCNCC1. The van der Waals surface area contributed by atoms with Gasteiger partial charge >= 0.3 is 11.8 Å². The third-order valence-corrected chi connectivity index (χ3v) is 3.14. The molecule has 0 radical (unpaired) electrons. The highest BCUT2D eigenvalue weighted by Crippen LogP contribution is 1.98. The van der Waals surface area contributed by atoms with E-state index in [2.05, 4.69) is 10.6 Å². The van der Waals surface area contributed by atoms with Gasteiger partial charge in [-0.05, 0) is 12.0 Å². The molecule has 1 aliphatic rings. The van der Waals surface area contributed by atoms with E-state index < -0.39 is 11.8 Å². The van der Waals surface area contributed by atoms with Crippen molar-refractivity contribution in [2.45, 2.75) is 6.42 Å². The van der Waals surface area contributed by atoms with Gasteiger partial charge in [0.25, 0.3) is 0 Å². The molecule has 19 heavy (non-hydrogen) atoms. The minimum absolute atomic E-state index is 0.422. The lowest BCUT2D eigenvalue weighted by molar-refractivity contribution is -0.146. The number of rotatable bonds is 3. The average molecular weight is 261 g/mol. The summed E-state index contributed by atoms with van der Waals surface area (Å²) in [7, 11) is 0. The van der Waals surface area contributed by atoms with Crippen molar-refractivity contribution < 1.29 is 9.59 Å². The highest BCUT2D eigenvalue weighted by molar-refractivity contribution is 6.35. The summed E-state index contributed by atoms with van der Waals surface area (Å²) in [6.45, 7) is 3.20. The van der Waals surface area contributed by atoms with Crippen LogP contribution >= 0.6 is 0 Å². The van der Waals surface area contributed by atoms with E-state index in [1.165, 1.54) is 0 Å². The molecule has 0 spiro atoms. The Bertz CT molecular complexity index is 428. The van der Waals surface area contributed by atoms with Crippen LogP contribution in [0.4, 0.5) is 0 Å². The molecule has 2 N–H and O–H groups in total. The summed E-state index contributed by atoms with van der Waals surface area (Å²) < 4.78 is 0. The molecule has 1 fully saturated rings. The molecule has 1 heterocycles. The van der Waals surface area contributed by atoms with Crippen molar-refractivity contribution >= 4 is 11.8 Å². The minimum Gasteiger partial charge on any atom is -0.347 e. The van der Waals surface area contributed by atoms with Gasteiger partial charge in [0.2, 0.25) is 0 Å². The van der Waals surface area contributed by atoms with E-state index in [0.29, 0.717) is 19.6 Å². The summed E-state index contributed by atoms with van der Waals surface area (Å²) in [6.07, 6.45) is 0.738. The third kappa shape index (κ3) is 4.06. The highest BCUT2D eigenvalue weighted by Gasteiger charge is 2.22. The van der Waals surface area contributed by atoms with Crippen molar-refractivity contribution in [1.29, 1.82) is 0 Å². The topological polar surface area (TPSA) is 61.4 Å². The number of benzene rings is 1. The summed E-state index contributed by atoms with van der Waals surface area (Å²) in [5, 5.41) is 5.83. The van der Waals surface area contributed by atoms with Crippen molar-refractivity contribution in [3.05, 3.63) is 35.9 Å². The Balaban J connectivity index is 1.73. The lowest BCUT2D eigenvalue weighted by Crippen LogP contribution is -2.51. The molecule has 0 unspecified atom stereocenters. The van der Waals surface area contributed by atoms with Gasteiger partial charge in [-0.2, -0.15) is 0 Å². The van der Waals surface area contributed by atoms with E-state index in [1.54, 1.807) is 4.90 Å². The number of nitrogens with zero attached hydrogens (tertiary/aromatic N) is 1. The van der Waals surface area contributed by atoms with Crippen molar-refractivity contribution in [2.75, 3.05) is 32.7 Å². The number of hydrogen-bond acceptors (Lipinski definition) is 3. The van der Waals surface area contributed by atoms with Crippen molar-refractivity contribution in [3.8, 4) is 0 Å². The lowest BCUT2D eigenvalue weighted by atomic mass is 10.1. The largest absolute Gasteiger partial charge is 0.347 e. The normalized spacial score (nSPS) is 15.1. The van der Waals surface area contributed by atoms with E-state index in [-0.39, 0.29) is 0 Å². The van der Waals surface area contributed by atoms with Gasteiger partial charge in [-0.3, -0.25) is 9.59 Å². The number of carbonyl (C=O) groups is 2. The molecule has 0 aromatic heterocycles. The van der Waals surface area contributed by atoms with Crippen molar-refractivity contribution in [3.63, 3.8) is 0 Å². The van der Waals surface area contributed by atoms with E-state index in [1.807, 2.05) is 30.3 Å². The number of piperazine rings is 1. The second-order valence-electron chi connectivity index (χ2n) is 4.53. The van der Waals surface area contributed by atoms with Crippen LogP contribution in [-0.4, -0.2) is 49.4 Å². The first kappa shape index (κ1) is 13.5. The Labute approximate surface area is 113 Å². The minimum atomic E-state index is -0.502. The maximum Gasteiger partial charge on any atom is 0.311 e. The lowest BCUT2D eigenvalue weighted by Gasteiger charge is -2.26. The van der Waals surface area contributed by atoms with Crippen LogP contribution in [-0.2, 0) is 16.0 Å². The quantitative estimate of drug-likeness (QED) is 0.739. The zero-order valence-electron chi connectivity index (χ0n) is 10.9. The average Bonchev–Trinajstić information content (AvgIpc) is 2.48.